The van der Waals surface area contributed by atoms with Gasteiger partial charge in [0.15, 0.2) is 0 Å². The second-order valence-electron chi connectivity index (χ2n) is 10.2. The Morgan fingerprint density at radius 3 is 2.00 bits per heavy atom. The van der Waals surface area contributed by atoms with E-state index in [9.17, 15) is 5.11 Å². The van der Waals surface area contributed by atoms with E-state index in [1.165, 1.54) is 6.33 Å². The number of aromatic nitrogens is 4. The number of imidazole rings is 1. The lowest BCUT2D eigenvalue weighted by Crippen LogP contribution is -2.29. The van der Waals surface area contributed by atoms with Crippen LogP contribution < -0.4 is 0 Å². The first-order valence-electron chi connectivity index (χ1n) is 14.0. The van der Waals surface area contributed by atoms with E-state index >= 15 is 0 Å². The number of nitrogens with zero attached hydrogens (tertiary/aromatic N) is 4. The molecule has 234 valence electrons. The Bertz CT molecular complexity index is 1800. The van der Waals surface area contributed by atoms with Crippen molar-refractivity contribution in [3.63, 3.8) is 0 Å². The molecule has 6 rings (SSSR count). The van der Waals surface area contributed by atoms with Crippen LogP contribution >= 0.6 is 58.0 Å². The quantitative estimate of drug-likeness (QED) is 0.162. The minimum atomic E-state index is -1.45. The molecule has 4 aromatic carbocycles. The van der Waals surface area contributed by atoms with Crippen LogP contribution in [-0.2, 0) is 23.5 Å². The third-order valence-corrected chi connectivity index (χ3v) is 8.46. The Hall–Kier alpha value is -3.46. The fourth-order valence-electron chi connectivity index (χ4n) is 4.79. The maximum atomic E-state index is 11.5. The predicted octanol–water partition coefficient (Wildman–Crippen LogP) is 9.87. The summed E-state index contributed by atoms with van der Waals surface area (Å²) in [6.07, 6.45) is 9.72. The van der Waals surface area contributed by atoms with Gasteiger partial charge in [0.25, 0.3) is 0 Å². The predicted molar refractivity (Wildman–Crippen MR) is 185 cm³/mol. The van der Waals surface area contributed by atoms with Crippen LogP contribution in [0.2, 0.25) is 25.1 Å². The molecular weight excluding hydrogens is 686 g/mol. The summed E-state index contributed by atoms with van der Waals surface area (Å²) in [6.45, 7) is 1.06. The lowest BCUT2D eigenvalue weighted by atomic mass is 9.81. The molecule has 0 aliphatic carbocycles. The van der Waals surface area contributed by atoms with Gasteiger partial charge in [0.2, 0.25) is 0 Å². The number of benzene rings is 4. The van der Waals surface area contributed by atoms with Gasteiger partial charge in [0.1, 0.15) is 18.0 Å². The number of halogens is 5. The summed E-state index contributed by atoms with van der Waals surface area (Å²) in [6, 6.07) is 27.3. The number of hydrogen-bond acceptors (Lipinski definition) is 5. The molecule has 46 heavy (non-hydrogen) atoms. The summed E-state index contributed by atoms with van der Waals surface area (Å²) in [7, 11) is 0. The fraction of sp³-hybridized carbons (Fsp3) is 0.114. The van der Waals surface area contributed by atoms with Crippen LogP contribution in [-0.4, -0.2) is 24.6 Å². The molecule has 6 aromatic rings. The third-order valence-electron chi connectivity index (χ3n) is 7.10. The molecule has 0 amide bonds. The molecule has 2 aromatic heterocycles. The molecule has 2 unspecified atom stereocenters. The second-order valence-corrected chi connectivity index (χ2v) is 12.3. The van der Waals surface area contributed by atoms with Gasteiger partial charge in [-0.3, -0.25) is 0 Å². The van der Waals surface area contributed by atoms with Gasteiger partial charge in [0, 0.05) is 66.6 Å². The monoisotopic (exact) mass is 710 g/mol. The summed E-state index contributed by atoms with van der Waals surface area (Å²) >= 11 is 30.6. The standard InChI is InChI=1S/C18H15Cl3N2O.C17H12Cl2N2O/c19-14-3-1-13(2-4-14)11-24-18(10-23-8-7-22-12-23)16-6-5-15(20)9-17(16)21;18-14-6-7-15(16(19)8-14)17(22,12-4-2-1-3-5-12)13-9-20-11-21-10-13/h1-9,12,18H,10-11H2;1-11,22H. The minimum Gasteiger partial charge on any atom is -0.376 e. The van der Waals surface area contributed by atoms with E-state index in [0.717, 1.165) is 11.1 Å². The Morgan fingerprint density at radius 1 is 0.717 bits per heavy atom. The summed E-state index contributed by atoms with van der Waals surface area (Å²) in [5.74, 6) is 0. The lowest BCUT2D eigenvalue weighted by Gasteiger charge is -2.30. The van der Waals surface area contributed by atoms with Crippen molar-refractivity contribution >= 4 is 58.0 Å². The van der Waals surface area contributed by atoms with Crippen molar-refractivity contribution in [1.82, 2.24) is 19.5 Å². The molecule has 0 spiro atoms. The number of hydrogen-bond donors (Lipinski definition) is 1. The molecule has 2 atom stereocenters. The van der Waals surface area contributed by atoms with Crippen LogP contribution in [0.1, 0.15) is 33.9 Å². The van der Waals surface area contributed by atoms with Crippen molar-refractivity contribution in [2.45, 2.75) is 24.9 Å². The average molecular weight is 713 g/mol. The maximum Gasteiger partial charge on any atom is 0.144 e. The molecule has 0 saturated carbocycles. The van der Waals surface area contributed by atoms with Crippen LogP contribution in [0.25, 0.3) is 0 Å². The molecule has 6 nitrogen and oxygen atoms in total. The van der Waals surface area contributed by atoms with Gasteiger partial charge in [-0.25, -0.2) is 15.0 Å². The highest BCUT2D eigenvalue weighted by molar-refractivity contribution is 6.35. The van der Waals surface area contributed by atoms with Crippen molar-refractivity contribution in [2.75, 3.05) is 0 Å². The Kier molecular flexibility index (Phi) is 11.7. The zero-order chi connectivity index (χ0) is 32.5. The zero-order valence-corrected chi connectivity index (χ0v) is 27.9. The maximum absolute atomic E-state index is 11.5. The smallest absolute Gasteiger partial charge is 0.144 e. The molecule has 11 heteroatoms. The lowest BCUT2D eigenvalue weighted by molar-refractivity contribution is 0.0280. The van der Waals surface area contributed by atoms with Crippen LogP contribution in [0.15, 0.2) is 128 Å². The van der Waals surface area contributed by atoms with Gasteiger partial charge in [-0.1, -0.05) is 113 Å². The van der Waals surface area contributed by atoms with Crippen molar-refractivity contribution in [3.05, 3.63) is 181 Å². The van der Waals surface area contributed by atoms with Gasteiger partial charge in [0.05, 0.1) is 19.5 Å². The number of rotatable bonds is 9. The Morgan fingerprint density at radius 2 is 1.37 bits per heavy atom. The van der Waals surface area contributed by atoms with E-state index in [1.54, 1.807) is 49.2 Å². The summed E-state index contributed by atoms with van der Waals surface area (Å²) < 4.78 is 8.08. The van der Waals surface area contributed by atoms with Crippen LogP contribution in [0, 0.1) is 0 Å². The first-order chi connectivity index (χ1) is 22.2. The van der Waals surface area contributed by atoms with Crippen molar-refractivity contribution in [2.24, 2.45) is 0 Å². The first-order valence-corrected chi connectivity index (χ1v) is 15.9. The molecule has 0 fully saturated rings. The minimum absolute atomic E-state index is 0.223. The van der Waals surface area contributed by atoms with Crippen LogP contribution in [0.4, 0.5) is 0 Å². The van der Waals surface area contributed by atoms with Crippen molar-refractivity contribution in [1.29, 1.82) is 0 Å². The molecule has 0 radical (unpaired) electrons. The van der Waals surface area contributed by atoms with Crippen LogP contribution in [0.3, 0.4) is 0 Å². The van der Waals surface area contributed by atoms with E-state index in [0.29, 0.717) is 55.0 Å². The molecule has 1 N–H and O–H groups in total. The van der Waals surface area contributed by atoms with Crippen LogP contribution in [0.5, 0.6) is 0 Å². The summed E-state index contributed by atoms with van der Waals surface area (Å²) in [5, 5.41) is 14.3. The zero-order valence-electron chi connectivity index (χ0n) is 24.2. The highest BCUT2D eigenvalue weighted by Crippen LogP contribution is 2.40. The topological polar surface area (TPSA) is 73.1 Å². The van der Waals surface area contributed by atoms with Gasteiger partial charge >= 0.3 is 0 Å². The normalized spacial score (nSPS) is 12.9. The van der Waals surface area contributed by atoms with E-state index in [-0.39, 0.29) is 6.10 Å². The van der Waals surface area contributed by atoms with Gasteiger partial charge in [-0.15, -0.1) is 0 Å². The summed E-state index contributed by atoms with van der Waals surface area (Å²) in [5.41, 5.74) is 2.22. The number of aliphatic hydroxyl groups is 1. The SMILES string of the molecule is Clc1ccc(COC(Cn2ccnc2)c2ccc(Cl)cc2Cl)cc1.OC(c1ccccc1)(c1cncnc1)c1ccc(Cl)cc1Cl. The molecule has 2 heterocycles. The Balaban J connectivity index is 0.000000182. The first kappa shape index (κ1) is 33.9. The second kappa shape index (κ2) is 15.9. The highest BCUT2D eigenvalue weighted by Gasteiger charge is 2.36. The molecule has 0 aliphatic rings. The van der Waals surface area contributed by atoms with E-state index < -0.39 is 5.60 Å². The summed E-state index contributed by atoms with van der Waals surface area (Å²) in [4.78, 5) is 12.1. The Labute approximate surface area is 292 Å². The van der Waals surface area contributed by atoms with E-state index in [1.807, 2.05) is 77.5 Å². The van der Waals surface area contributed by atoms with E-state index in [2.05, 4.69) is 15.0 Å². The van der Waals surface area contributed by atoms with Gasteiger partial charge in [-0.2, -0.15) is 0 Å². The fourth-order valence-corrected chi connectivity index (χ4v) is 5.99. The molecule has 0 saturated heterocycles. The number of ether oxygens (including phenoxy) is 1. The molecule has 0 aliphatic heterocycles. The highest BCUT2D eigenvalue weighted by atomic mass is 35.5. The molecule has 0 bridgehead atoms. The largest absolute Gasteiger partial charge is 0.376 e. The van der Waals surface area contributed by atoms with Gasteiger partial charge in [-0.05, 0) is 47.5 Å². The van der Waals surface area contributed by atoms with Crippen molar-refractivity contribution < 1.29 is 9.84 Å². The van der Waals surface area contributed by atoms with Gasteiger partial charge < -0.3 is 14.4 Å². The van der Waals surface area contributed by atoms with Crippen molar-refractivity contribution in [3.8, 4) is 0 Å². The van der Waals surface area contributed by atoms with E-state index in [4.69, 9.17) is 62.7 Å². The average Bonchev–Trinajstić information content (AvgIpc) is 3.58. The third kappa shape index (κ3) is 8.46. The molecular formula is C35H27Cl5N4O2.